The molecule has 19 heavy (non-hydrogen) atoms. The van der Waals surface area contributed by atoms with Gasteiger partial charge >= 0.3 is 0 Å². The van der Waals surface area contributed by atoms with Crippen LogP contribution in [0.5, 0.6) is 0 Å². The van der Waals surface area contributed by atoms with Crippen LogP contribution in [0.4, 0.5) is 0 Å². The molecular formula is C14H18N2O3. The summed E-state index contributed by atoms with van der Waals surface area (Å²) >= 11 is 0. The maximum absolute atomic E-state index is 11.9. The third-order valence-corrected chi connectivity index (χ3v) is 3.35. The molecule has 0 saturated carbocycles. The topological polar surface area (TPSA) is 69.6 Å². The van der Waals surface area contributed by atoms with Gasteiger partial charge in [0.15, 0.2) is 0 Å². The van der Waals surface area contributed by atoms with Crippen LogP contribution >= 0.6 is 0 Å². The Morgan fingerprint density at radius 3 is 2.84 bits per heavy atom. The van der Waals surface area contributed by atoms with Gasteiger partial charge in [-0.05, 0) is 11.1 Å². The SMILES string of the molecule is CN1CC(C(=O)NCc2cccc(CO)c2)CC1=O. The van der Waals surface area contributed by atoms with Crippen molar-refractivity contribution in [2.45, 2.75) is 19.6 Å². The Morgan fingerprint density at radius 1 is 1.47 bits per heavy atom. The number of carbonyl (C=O) groups is 2. The second kappa shape index (κ2) is 5.84. The molecule has 2 rings (SSSR count). The Balaban J connectivity index is 1.88. The van der Waals surface area contributed by atoms with Crippen molar-refractivity contribution in [1.82, 2.24) is 10.2 Å². The quantitative estimate of drug-likeness (QED) is 0.818. The molecule has 1 heterocycles. The highest BCUT2D eigenvalue weighted by Gasteiger charge is 2.31. The summed E-state index contributed by atoms with van der Waals surface area (Å²) in [6, 6.07) is 7.42. The van der Waals surface area contributed by atoms with Crippen molar-refractivity contribution in [3.63, 3.8) is 0 Å². The zero-order valence-electron chi connectivity index (χ0n) is 10.9. The van der Waals surface area contributed by atoms with Crippen LogP contribution < -0.4 is 5.32 Å². The van der Waals surface area contributed by atoms with E-state index in [0.29, 0.717) is 19.5 Å². The van der Waals surface area contributed by atoms with Crippen LogP contribution in [-0.2, 0) is 22.7 Å². The van der Waals surface area contributed by atoms with E-state index in [9.17, 15) is 9.59 Å². The highest BCUT2D eigenvalue weighted by atomic mass is 16.3. The largest absolute Gasteiger partial charge is 0.392 e. The standard InChI is InChI=1S/C14H18N2O3/c1-16-8-12(6-13(16)18)14(19)15-7-10-3-2-4-11(5-10)9-17/h2-5,12,17H,6-9H2,1H3,(H,15,19). The molecular weight excluding hydrogens is 244 g/mol. The number of hydrogen-bond donors (Lipinski definition) is 2. The molecule has 1 fully saturated rings. The molecule has 1 saturated heterocycles. The van der Waals surface area contributed by atoms with Crippen LogP contribution in [0.25, 0.3) is 0 Å². The fourth-order valence-corrected chi connectivity index (χ4v) is 2.21. The van der Waals surface area contributed by atoms with Gasteiger partial charge < -0.3 is 15.3 Å². The smallest absolute Gasteiger partial charge is 0.225 e. The Morgan fingerprint density at radius 2 is 2.21 bits per heavy atom. The van der Waals surface area contributed by atoms with E-state index in [1.54, 1.807) is 11.9 Å². The molecule has 0 spiro atoms. The van der Waals surface area contributed by atoms with Crippen LogP contribution in [0.1, 0.15) is 17.5 Å². The summed E-state index contributed by atoms with van der Waals surface area (Å²) in [7, 11) is 1.71. The van der Waals surface area contributed by atoms with Gasteiger partial charge in [-0.1, -0.05) is 24.3 Å². The zero-order chi connectivity index (χ0) is 13.8. The molecule has 0 aromatic heterocycles. The normalized spacial score (nSPS) is 18.7. The van der Waals surface area contributed by atoms with E-state index in [0.717, 1.165) is 11.1 Å². The molecule has 0 radical (unpaired) electrons. The first-order valence-corrected chi connectivity index (χ1v) is 6.30. The maximum Gasteiger partial charge on any atom is 0.225 e. The summed E-state index contributed by atoms with van der Waals surface area (Å²) in [5, 5.41) is 11.9. The minimum Gasteiger partial charge on any atom is -0.392 e. The number of aliphatic hydroxyl groups is 1. The fourth-order valence-electron chi connectivity index (χ4n) is 2.21. The molecule has 2 amide bonds. The third-order valence-electron chi connectivity index (χ3n) is 3.35. The van der Waals surface area contributed by atoms with Gasteiger partial charge in [0, 0.05) is 26.6 Å². The van der Waals surface area contributed by atoms with Crippen LogP contribution in [0.15, 0.2) is 24.3 Å². The molecule has 1 atom stereocenters. The summed E-state index contributed by atoms with van der Waals surface area (Å²) in [6.45, 7) is 0.895. The lowest BCUT2D eigenvalue weighted by Gasteiger charge is -2.11. The number of carbonyl (C=O) groups excluding carboxylic acids is 2. The molecule has 1 aromatic carbocycles. The molecule has 1 aliphatic rings. The molecule has 5 heteroatoms. The maximum atomic E-state index is 11.9. The number of aliphatic hydroxyl groups excluding tert-OH is 1. The van der Waals surface area contributed by atoms with Gasteiger partial charge in [0.2, 0.25) is 11.8 Å². The Bertz CT molecular complexity index is 487. The predicted molar refractivity (Wildman–Crippen MR) is 70.0 cm³/mol. The third kappa shape index (κ3) is 3.32. The van der Waals surface area contributed by atoms with Gasteiger partial charge in [-0.15, -0.1) is 0 Å². The van der Waals surface area contributed by atoms with Gasteiger partial charge in [0.25, 0.3) is 0 Å². The van der Waals surface area contributed by atoms with Gasteiger partial charge in [-0.25, -0.2) is 0 Å². The van der Waals surface area contributed by atoms with Gasteiger partial charge in [-0.3, -0.25) is 9.59 Å². The second-order valence-corrected chi connectivity index (χ2v) is 4.87. The van der Waals surface area contributed by atoms with Crippen LogP contribution in [0.3, 0.4) is 0 Å². The molecule has 1 aliphatic heterocycles. The van der Waals surface area contributed by atoms with Crippen LogP contribution in [0, 0.1) is 5.92 Å². The number of amides is 2. The Hall–Kier alpha value is -1.88. The van der Waals surface area contributed by atoms with E-state index in [4.69, 9.17) is 5.11 Å². The molecule has 0 bridgehead atoms. The average molecular weight is 262 g/mol. The van der Waals surface area contributed by atoms with Crippen molar-refractivity contribution >= 4 is 11.8 Å². The molecule has 2 N–H and O–H groups in total. The highest BCUT2D eigenvalue weighted by Crippen LogP contribution is 2.16. The van der Waals surface area contributed by atoms with Gasteiger partial charge in [0.1, 0.15) is 0 Å². The highest BCUT2D eigenvalue weighted by molar-refractivity contribution is 5.89. The summed E-state index contributed by atoms with van der Waals surface area (Å²) < 4.78 is 0. The molecule has 0 aliphatic carbocycles. The summed E-state index contributed by atoms with van der Waals surface area (Å²) in [4.78, 5) is 24.9. The van der Waals surface area contributed by atoms with E-state index in [2.05, 4.69) is 5.32 Å². The molecule has 1 aromatic rings. The lowest BCUT2D eigenvalue weighted by atomic mass is 10.1. The lowest BCUT2D eigenvalue weighted by Crippen LogP contribution is -2.31. The van der Waals surface area contributed by atoms with Crippen LogP contribution in [-0.4, -0.2) is 35.4 Å². The van der Waals surface area contributed by atoms with E-state index in [-0.39, 0.29) is 24.3 Å². The minimum atomic E-state index is -0.251. The Kier molecular flexibility index (Phi) is 4.16. The van der Waals surface area contributed by atoms with Crippen molar-refractivity contribution in [3.8, 4) is 0 Å². The monoisotopic (exact) mass is 262 g/mol. The van der Waals surface area contributed by atoms with Crippen molar-refractivity contribution in [2.75, 3.05) is 13.6 Å². The first kappa shape index (κ1) is 13.5. The molecule has 102 valence electrons. The number of likely N-dealkylation sites (tertiary alicyclic amines) is 1. The first-order chi connectivity index (χ1) is 9.10. The van der Waals surface area contributed by atoms with Crippen molar-refractivity contribution in [3.05, 3.63) is 35.4 Å². The number of nitrogens with zero attached hydrogens (tertiary/aromatic N) is 1. The van der Waals surface area contributed by atoms with E-state index < -0.39 is 0 Å². The Labute approximate surface area is 112 Å². The number of nitrogens with one attached hydrogen (secondary N) is 1. The summed E-state index contributed by atoms with van der Waals surface area (Å²) in [5.41, 5.74) is 1.76. The number of benzene rings is 1. The van der Waals surface area contributed by atoms with Crippen molar-refractivity contribution < 1.29 is 14.7 Å². The summed E-state index contributed by atoms with van der Waals surface area (Å²) in [5.74, 6) is -0.326. The summed E-state index contributed by atoms with van der Waals surface area (Å²) in [6.07, 6.45) is 0.291. The molecule has 5 nitrogen and oxygen atoms in total. The number of rotatable bonds is 4. The fraction of sp³-hybridized carbons (Fsp3) is 0.429. The minimum absolute atomic E-state index is 0.0102. The predicted octanol–water partition coefficient (Wildman–Crippen LogP) is 0.273. The van der Waals surface area contributed by atoms with E-state index >= 15 is 0 Å². The first-order valence-electron chi connectivity index (χ1n) is 6.30. The van der Waals surface area contributed by atoms with E-state index in [1.807, 2.05) is 24.3 Å². The van der Waals surface area contributed by atoms with Crippen molar-refractivity contribution in [1.29, 1.82) is 0 Å². The van der Waals surface area contributed by atoms with Gasteiger partial charge in [0.05, 0.1) is 12.5 Å². The zero-order valence-corrected chi connectivity index (χ0v) is 10.9. The lowest BCUT2D eigenvalue weighted by molar-refractivity contribution is -0.128. The van der Waals surface area contributed by atoms with Crippen molar-refractivity contribution in [2.24, 2.45) is 5.92 Å². The number of hydrogen-bond acceptors (Lipinski definition) is 3. The van der Waals surface area contributed by atoms with Gasteiger partial charge in [-0.2, -0.15) is 0 Å². The second-order valence-electron chi connectivity index (χ2n) is 4.87. The van der Waals surface area contributed by atoms with Crippen LogP contribution in [0.2, 0.25) is 0 Å². The van der Waals surface area contributed by atoms with E-state index in [1.165, 1.54) is 0 Å². The average Bonchev–Trinajstić information content (AvgIpc) is 2.76. The molecule has 1 unspecified atom stereocenters.